The Morgan fingerprint density at radius 1 is 1.44 bits per heavy atom. The van der Waals surface area contributed by atoms with Gasteiger partial charge in [0.2, 0.25) is 0 Å². The number of halogens is 1. The van der Waals surface area contributed by atoms with Crippen molar-refractivity contribution < 1.29 is 9.47 Å². The number of ether oxygens (including phenoxy) is 2. The number of likely N-dealkylation sites (tertiary alicyclic amines) is 1. The first kappa shape index (κ1) is 13.8. The summed E-state index contributed by atoms with van der Waals surface area (Å²) in [6.45, 7) is 5.77. The molecule has 100 valence electrons. The molecule has 1 atom stereocenters. The van der Waals surface area contributed by atoms with Crippen LogP contribution in [0.1, 0.15) is 18.9 Å². The Balaban J connectivity index is 2.02. The van der Waals surface area contributed by atoms with E-state index in [2.05, 4.69) is 33.0 Å². The lowest BCUT2D eigenvalue weighted by Crippen LogP contribution is -2.22. The molecule has 1 aliphatic rings. The molecule has 0 bridgehead atoms. The van der Waals surface area contributed by atoms with Gasteiger partial charge >= 0.3 is 0 Å². The normalized spacial score (nSPS) is 20.3. The van der Waals surface area contributed by atoms with Gasteiger partial charge < -0.3 is 9.47 Å². The van der Waals surface area contributed by atoms with Crippen molar-refractivity contribution in [2.24, 2.45) is 0 Å². The predicted molar refractivity (Wildman–Crippen MR) is 76.0 cm³/mol. The van der Waals surface area contributed by atoms with Gasteiger partial charge in [0.15, 0.2) is 0 Å². The van der Waals surface area contributed by atoms with E-state index in [4.69, 9.17) is 9.47 Å². The van der Waals surface area contributed by atoms with E-state index in [1.807, 2.05) is 13.0 Å². The van der Waals surface area contributed by atoms with Gasteiger partial charge in [0.25, 0.3) is 0 Å². The summed E-state index contributed by atoms with van der Waals surface area (Å²) in [5.74, 6) is 0.943. The number of benzene rings is 1. The van der Waals surface area contributed by atoms with E-state index in [9.17, 15) is 0 Å². The first-order valence-corrected chi connectivity index (χ1v) is 7.18. The Morgan fingerprint density at radius 2 is 2.28 bits per heavy atom. The van der Waals surface area contributed by atoms with Crippen molar-refractivity contribution in [2.75, 3.05) is 26.8 Å². The van der Waals surface area contributed by atoms with E-state index in [0.717, 1.165) is 36.3 Å². The molecule has 0 saturated carbocycles. The SMILES string of the molecule is CCOc1ccc(Br)c(CN2CC[C@H](OC)C2)c1. The van der Waals surface area contributed by atoms with Gasteiger partial charge in [-0.15, -0.1) is 0 Å². The van der Waals surface area contributed by atoms with Crippen molar-refractivity contribution in [1.82, 2.24) is 4.90 Å². The third-order valence-electron chi connectivity index (χ3n) is 3.28. The lowest BCUT2D eigenvalue weighted by molar-refractivity contribution is 0.107. The van der Waals surface area contributed by atoms with E-state index < -0.39 is 0 Å². The lowest BCUT2D eigenvalue weighted by atomic mass is 10.2. The second-order valence-corrected chi connectivity index (χ2v) is 5.42. The Bertz CT molecular complexity index is 397. The van der Waals surface area contributed by atoms with Crippen molar-refractivity contribution in [1.29, 1.82) is 0 Å². The van der Waals surface area contributed by atoms with Crippen LogP contribution in [0.3, 0.4) is 0 Å². The molecular formula is C14H20BrNO2. The molecule has 0 aliphatic carbocycles. The van der Waals surface area contributed by atoms with Crippen LogP contribution in [-0.2, 0) is 11.3 Å². The van der Waals surface area contributed by atoms with Gasteiger partial charge in [-0.25, -0.2) is 0 Å². The van der Waals surface area contributed by atoms with Gasteiger partial charge in [-0.1, -0.05) is 15.9 Å². The third-order valence-corrected chi connectivity index (χ3v) is 4.06. The summed E-state index contributed by atoms with van der Waals surface area (Å²) in [5.41, 5.74) is 1.28. The maximum Gasteiger partial charge on any atom is 0.119 e. The van der Waals surface area contributed by atoms with E-state index >= 15 is 0 Å². The first-order valence-electron chi connectivity index (χ1n) is 6.39. The molecule has 0 aromatic heterocycles. The summed E-state index contributed by atoms with van der Waals surface area (Å²) in [4.78, 5) is 2.42. The fourth-order valence-electron chi connectivity index (χ4n) is 2.30. The van der Waals surface area contributed by atoms with Crippen molar-refractivity contribution in [3.05, 3.63) is 28.2 Å². The summed E-state index contributed by atoms with van der Waals surface area (Å²) >= 11 is 3.61. The molecule has 3 nitrogen and oxygen atoms in total. The highest BCUT2D eigenvalue weighted by Crippen LogP contribution is 2.25. The molecule has 4 heteroatoms. The Hall–Kier alpha value is -0.580. The molecule has 0 amide bonds. The van der Waals surface area contributed by atoms with Crippen LogP contribution in [0, 0.1) is 0 Å². The number of nitrogens with zero attached hydrogens (tertiary/aromatic N) is 1. The smallest absolute Gasteiger partial charge is 0.119 e. The van der Waals surface area contributed by atoms with Gasteiger partial charge in [0.05, 0.1) is 12.7 Å². The molecule has 1 heterocycles. The highest BCUT2D eigenvalue weighted by atomic mass is 79.9. The Kier molecular flexibility index (Phi) is 5.03. The topological polar surface area (TPSA) is 21.7 Å². The minimum absolute atomic E-state index is 0.388. The summed E-state index contributed by atoms with van der Waals surface area (Å²) < 4.78 is 12.1. The highest BCUT2D eigenvalue weighted by molar-refractivity contribution is 9.10. The third kappa shape index (κ3) is 3.46. The van der Waals surface area contributed by atoms with Crippen LogP contribution in [0.4, 0.5) is 0 Å². The zero-order valence-corrected chi connectivity index (χ0v) is 12.6. The molecule has 1 saturated heterocycles. The first-order chi connectivity index (χ1) is 8.72. The Morgan fingerprint density at radius 3 is 2.94 bits per heavy atom. The van der Waals surface area contributed by atoms with E-state index in [-0.39, 0.29) is 0 Å². The molecule has 1 aromatic carbocycles. The number of methoxy groups -OCH3 is 1. The van der Waals surface area contributed by atoms with Crippen LogP contribution >= 0.6 is 15.9 Å². The monoisotopic (exact) mass is 313 g/mol. The maximum atomic E-state index is 5.54. The van der Waals surface area contributed by atoms with Gasteiger partial charge in [-0.05, 0) is 37.1 Å². The molecule has 18 heavy (non-hydrogen) atoms. The van der Waals surface area contributed by atoms with Crippen LogP contribution in [0.25, 0.3) is 0 Å². The summed E-state index contributed by atoms with van der Waals surface area (Å²) in [6, 6.07) is 6.18. The van der Waals surface area contributed by atoms with Crippen LogP contribution < -0.4 is 4.74 Å². The zero-order chi connectivity index (χ0) is 13.0. The second-order valence-electron chi connectivity index (χ2n) is 4.57. The van der Waals surface area contributed by atoms with Crippen LogP contribution in [-0.4, -0.2) is 37.8 Å². The fraction of sp³-hybridized carbons (Fsp3) is 0.571. The zero-order valence-electron chi connectivity index (χ0n) is 11.0. The van der Waals surface area contributed by atoms with E-state index in [1.165, 1.54) is 5.56 Å². The van der Waals surface area contributed by atoms with Crippen LogP contribution in [0.15, 0.2) is 22.7 Å². The average molecular weight is 314 g/mol. The predicted octanol–water partition coefficient (Wildman–Crippen LogP) is 3.07. The van der Waals surface area contributed by atoms with Gasteiger partial charge in [0, 0.05) is 31.2 Å². The van der Waals surface area contributed by atoms with Crippen molar-refractivity contribution in [2.45, 2.75) is 26.0 Å². The molecule has 1 fully saturated rings. The number of rotatable bonds is 5. The molecule has 0 spiro atoms. The minimum Gasteiger partial charge on any atom is -0.494 e. The summed E-state index contributed by atoms with van der Waals surface area (Å²) in [7, 11) is 1.79. The fourth-order valence-corrected chi connectivity index (χ4v) is 2.67. The number of hydrogen-bond acceptors (Lipinski definition) is 3. The van der Waals surface area contributed by atoms with Crippen molar-refractivity contribution >= 4 is 15.9 Å². The second kappa shape index (κ2) is 6.55. The van der Waals surface area contributed by atoms with Crippen LogP contribution in [0.5, 0.6) is 5.75 Å². The minimum atomic E-state index is 0.388. The largest absolute Gasteiger partial charge is 0.494 e. The van der Waals surface area contributed by atoms with Crippen LogP contribution in [0.2, 0.25) is 0 Å². The van der Waals surface area contributed by atoms with Crippen molar-refractivity contribution in [3.8, 4) is 5.75 Å². The van der Waals surface area contributed by atoms with Crippen molar-refractivity contribution in [3.63, 3.8) is 0 Å². The van der Waals surface area contributed by atoms with E-state index in [0.29, 0.717) is 12.7 Å². The molecule has 1 aliphatic heterocycles. The van der Waals surface area contributed by atoms with Gasteiger partial charge in [-0.3, -0.25) is 4.90 Å². The Labute approximate surface area is 117 Å². The lowest BCUT2D eigenvalue weighted by Gasteiger charge is -2.17. The molecular weight excluding hydrogens is 294 g/mol. The molecule has 2 rings (SSSR count). The molecule has 0 radical (unpaired) electrons. The summed E-state index contributed by atoms with van der Waals surface area (Å²) in [6.07, 6.45) is 1.51. The molecule has 0 unspecified atom stereocenters. The average Bonchev–Trinajstić information content (AvgIpc) is 2.81. The highest BCUT2D eigenvalue weighted by Gasteiger charge is 2.22. The molecule has 0 N–H and O–H groups in total. The molecule has 1 aromatic rings. The van der Waals surface area contributed by atoms with Gasteiger partial charge in [0.1, 0.15) is 5.75 Å². The maximum absolute atomic E-state index is 5.54. The van der Waals surface area contributed by atoms with E-state index in [1.54, 1.807) is 7.11 Å². The summed E-state index contributed by atoms with van der Waals surface area (Å²) in [5, 5.41) is 0. The standard InChI is InChI=1S/C14H20BrNO2/c1-3-18-12-4-5-14(15)11(8-12)9-16-7-6-13(10-16)17-2/h4-5,8,13H,3,6-7,9-10H2,1-2H3/t13-/m0/s1. The quantitative estimate of drug-likeness (QED) is 0.834. The number of hydrogen-bond donors (Lipinski definition) is 0. The van der Waals surface area contributed by atoms with Gasteiger partial charge in [-0.2, -0.15) is 0 Å².